The van der Waals surface area contributed by atoms with Gasteiger partial charge in [-0.3, -0.25) is 9.59 Å². The molecule has 1 aromatic rings. The maximum absolute atomic E-state index is 13.2. The van der Waals surface area contributed by atoms with Crippen LogP contribution < -0.4 is 14.8 Å². The summed E-state index contributed by atoms with van der Waals surface area (Å²) in [5.74, 6) is 2.33. The Morgan fingerprint density at radius 1 is 1.08 bits per heavy atom. The van der Waals surface area contributed by atoms with Crippen LogP contribution in [-0.4, -0.2) is 87.3 Å². The summed E-state index contributed by atoms with van der Waals surface area (Å²) in [4.78, 5) is 28.2. The van der Waals surface area contributed by atoms with Crippen LogP contribution in [0.15, 0.2) is 18.2 Å². The Labute approximate surface area is 237 Å². The summed E-state index contributed by atoms with van der Waals surface area (Å²) in [6.45, 7) is 16.9. The number of rotatable bonds is 13. The van der Waals surface area contributed by atoms with E-state index in [4.69, 9.17) is 14.2 Å². The Bertz CT molecular complexity index is 822. The Morgan fingerprint density at radius 2 is 1.79 bits per heavy atom. The lowest BCUT2D eigenvalue weighted by atomic mass is 10.0. The van der Waals surface area contributed by atoms with Crippen molar-refractivity contribution in [1.82, 2.24) is 15.1 Å². The number of nitrogens with zero attached hydrogens (tertiary/aromatic N) is 2. The van der Waals surface area contributed by atoms with Gasteiger partial charge in [-0.1, -0.05) is 20.8 Å². The van der Waals surface area contributed by atoms with Crippen LogP contribution in [-0.2, 0) is 9.53 Å². The number of carbonyl (C=O) groups excluding carboxylic acids is 2. The molecule has 1 saturated heterocycles. The molecule has 1 aliphatic heterocycles. The molecule has 1 atom stereocenters. The SMILES string of the molecule is CC.CCCN(CC1CC1)C(C)=O.COCCCOc1cc(C(=O)N(C(C)C)[C@@H]2CCCNC2)ccc1OC. The van der Waals surface area contributed by atoms with Gasteiger partial charge >= 0.3 is 0 Å². The van der Waals surface area contributed by atoms with E-state index in [-0.39, 0.29) is 23.9 Å². The summed E-state index contributed by atoms with van der Waals surface area (Å²) in [6, 6.07) is 5.77. The van der Waals surface area contributed by atoms with Crippen molar-refractivity contribution in [2.75, 3.05) is 53.6 Å². The smallest absolute Gasteiger partial charge is 0.254 e. The first-order valence-electron chi connectivity index (χ1n) is 14.9. The third-order valence-electron chi connectivity index (χ3n) is 6.73. The van der Waals surface area contributed by atoms with E-state index >= 15 is 0 Å². The predicted molar refractivity (Wildman–Crippen MR) is 159 cm³/mol. The van der Waals surface area contributed by atoms with Gasteiger partial charge in [0.05, 0.1) is 13.7 Å². The standard InChI is InChI=1S/C20H32N2O4.C9H17NO.C2H6/c1-15(2)22(17-7-5-10-21-14-17)20(23)16-8-9-18(25-4)19(13-16)26-12-6-11-24-3;1-3-6-10(8(2)11)7-9-4-5-9;1-2/h8-9,13,15,17,21H,5-7,10-12,14H2,1-4H3;9H,3-7H2,1-2H3;1-2H3/t17-;;/m1../s1. The first-order valence-corrected chi connectivity index (χ1v) is 14.9. The van der Waals surface area contributed by atoms with Gasteiger partial charge in [0, 0.05) is 64.3 Å². The molecule has 0 radical (unpaired) electrons. The molecular weight excluding hydrogens is 494 g/mol. The van der Waals surface area contributed by atoms with Crippen molar-refractivity contribution in [3.8, 4) is 11.5 Å². The van der Waals surface area contributed by atoms with Crippen molar-refractivity contribution in [3.63, 3.8) is 0 Å². The minimum atomic E-state index is 0.0399. The summed E-state index contributed by atoms with van der Waals surface area (Å²) in [7, 11) is 3.27. The second-order valence-electron chi connectivity index (χ2n) is 10.3. The third-order valence-corrected chi connectivity index (χ3v) is 6.73. The van der Waals surface area contributed by atoms with Crippen LogP contribution in [0.5, 0.6) is 11.5 Å². The topological polar surface area (TPSA) is 80.3 Å². The molecule has 3 rings (SSSR count). The van der Waals surface area contributed by atoms with E-state index in [0.29, 0.717) is 30.3 Å². The summed E-state index contributed by atoms with van der Waals surface area (Å²) in [5, 5.41) is 3.40. The Kier molecular flexibility index (Phi) is 17.5. The van der Waals surface area contributed by atoms with Crippen LogP contribution in [0, 0.1) is 5.92 Å². The molecule has 39 heavy (non-hydrogen) atoms. The van der Waals surface area contributed by atoms with Gasteiger partial charge in [-0.25, -0.2) is 0 Å². The molecule has 2 amide bonds. The molecule has 0 bridgehead atoms. The van der Waals surface area contributed by atoms with Gasteiger partial charge < -0.3 is 29.3 Å². The van der Waals surface area contributed by atoms with Crippen molar-refractivity contribution in [2.45, 2.75) is 92.2 Å². The van der Waals surface area contributed by atoms with Crippen molar-refractivity contribution < 1.29 is 23.8 Å². The fourth-order valence-corrected chi connectivity index (χ4v) is 4.61. The maximum atomic E-state index is 13.2. The van der Waals surface area contributed by atoms with Crippen LogP contribution in [0.2, 0.25) is 0 Å². The largest absolute Gasteiger partial charge is 0.493 e. The molecule has 8 heteroatoms. The average molecular weight is 550 g/mol. The highest BCUT2D eigenvalue weighted by atomic mass is 16.5. The summed E-state index contributed by atoms with van der Waals surface area (Å²) in [5.41, 5.74) is 0.631. The van der Waals surface area contributed by atoms with Gasteiger partial charge in [-0.05, 0) is 76.6 Å². The first-order chi connectivity index (χ1) is 18.8. The Balaban J connectivity index is 0.000000487. The van der Waals surface area contributed by atoms with E-state index < -0.39 is 0 Å². The van der Waals surface area contributed by atoms with Gasteiger partial charge in [0.25, 0.3) is 5.91 Å². The molecule has 0 aromatic heterocycles. The van der Waals surface area contributed by atoms with Crippen LogP contribution in [0.25, 0.3) is 0 Å². The molecule has 1 N–H and O–H groups in total. The Hall–Kier alpha value is -2.32. The molecule has 0 spiro atoms. The number of nitrogens with one attached hydrogen (secondary N) is 1. The van der Waals surface area contributed by atoms with Crippen LogP contribution >= 0.6 is 0 Å². The zero-order chi connectivity index (χ0) is 29.2. The monoisotopic (exact) mass is 549 g/mol. The molecule has 0 unspecified atom stereocenters. The molecule has 2 fully saturated rings. The van der Waals surface area contributed by atoms with E-state index in [9.17, 15) is 9.59 Å². The minimum absolute atomic E-state index is 0.0399. The molecule has 1 saturated carbocycles. The number of hydrogen-bond acceptors (Lipinski definition) is 6. The zero-order valence-corrected chi connectivity index (χ0v) is 25.9. The zero-order valence-electron chi connectivity index (χ0n) is 25.9. The predicted octanol–water partition coefficient (Wildman–Crippen LogP) is 5.39. The van der Waals surface area contributed by atoms with E-state index in [1.165, 1.54) is 12.8 Å². The lowest BCUT2D eigenvalue weighted by Gasteiger charge is -2.37. The number of ether oxygens (including phenoxy) is 3. The molecule has 2 aliphatic rings. The van der Waals surface area contributed by atoms with Crippen LogP contribution in [0.1, 0.15) is 90.4 Å². The average Bonchev–Trinajstić information content (AvgIpc) is 3.77. The van der Waals surface area contributed by atoms with Crippen molar-refractivity contribution in [1.29, 1.82) is 0 Å². The summed E-state index contributed by atoms with van der Waals surface area (Å²) in [6.07, 6.45) is 6.64. The lowest BCUT2D eigenvalue weighted by molar-refractivity contribution is -0.129. The fraction of sp³-hybridized carbons (Fsp3) is 0.742. The highest BCUT2D eigenvalue weighted by molar-refractivity contribution is 5.95. The van der Waals surface area contributed by atoms with Gasteiger partial charge in [-0.15, -0.1) is 0 Å². The van der Waals surface area contributed by atoms with E-state index in [0.717, 1.165) is 57.8 Å². The minimum Gasteiger partial charge on any atom is -0.493 e. The molecule has 224 valence electrons. The second-order valence-corrected chi connectivity index (χ2v) is 10.3. The number of methoxy groups -OCH3 is 2. The second kappa shape index (κ2) is 19.7. The van der Waals surface area contributed by atoms with Gasteiger partial charge in [-0.2, -0.15) is 0 Å². The van der Waals surface area contributed by atoms with Crippen LogP contribution in [0.4, 0.5) is 0 Å². The van der Waals surface area contributed by atoms with Crippen molar-refractivity contribution in [2.24, 2.45) is 5.92 Å². The maximum Gasteiger partial charge on any atom is 0.254 e. The summed E-state index contributed by atoms with van der Waals surface area (Å²) >= 11 is 0. The molecule has 1 aliphatic carbocycles. The van der Waals surface area contributed by atoms with E-state index in [2.05, 4.69) is 26.1 Å². The molecule has 1 heterocycles. The number of carbonyl (C=O) groups is 2. The number of amides is 2. The quantitative estimate of drug-likeness (QED) is 0.332. The fourth-order valence-electron chi connectivity index (χ4n) is 4.61. The van der Waals surface area contributed by atoms with Crippen LogP contribution in [0.3, 0.4) is 0 Å². The van der Waals surface area contributed by atoms with Gasteiger partial charge in [0.1, 0.15) is 0 Å². The molecule has 1 aromatic carbocycles. The van der Waals surface area contributed by atoms with Gasteiger partial charge in [0.15, 0.2) is 11.5 Å². The van der Waals surface area contributed by atoms with E-state index in [1.807, 2.05) is 29.7 Å². The number of piperidine rings is 1. The van der Waals surface area contributed by atoms with Crippen molar-refractivity contribution >= 4 is 11.8 Å². The molecular formula is C31H55N3O5. The molecule has 8 nitrogen and oxygen atoms in total. The highest BCUT2D eigenvalue weighted by Gasteiger charge is 2.29. The summed E-state index contributed by atoms with van der Waals surface area (Å²) < 4.78 is 16.2. The Morgan fingerprint density at radius 3 is 2.31 bits per heavy atom. The highest BCUT2D eigenvalue weighted by Crippen LogP contribution is 2.30. The third kappa shape index (κ3) is 12.6. The normalized spacial score (nSPS) is 16.3. The number of hydrogen-bond donors (Lipinski definition) is 1. The van der Waals surface area contributed by atoms with Crippen molar-refractivity contribution in [3.05, 3.63) is 23.8 Å². The lowest BCUT2D eigenvalue weighted by Crippen LogP contribution is -2.51. The van der Waals surface area contributed by atoms with Gasteiger partial charge in [0.2, 0.25) is 5.91 Å². The van der Waals surface area contributed by atoms with E-state index in [1.54, 1.807) is 33.3 Å². The number of benzene rings is 1. The first kappa shape index (κ1) is 34.7.